The van der Waals surface area contributed by atoms with Gasteiger partial charge >= 0.3 is 6.01 Å². The standard InChI is InChI=1S/C12H12BrN3O3/c1-17-10-4-3-7(5-9(10)14)19-12-15-6-8(13)11(16-12)18-2/h3-6H,14H2,1-2H3. The first kappa shape index (κ1) is 13.4. The maximum Gasteiger partial charge on any atom is 0.325 e. The van der Waals surface area contributed by atoms with Gasteiger partial charge < -0.3 is 19.9 Å². The number of ether oxygens (including phenoxy) is 3. The molecule has 0 aliphatic carbocycles. The molecule has 2 aromatic rings. The summed E-state index contributed by atoms with van der Waals surface area (Å²) in [5.41, 5.74) is 6.26. The van der Waals surface area contributed by atoms with Gasteiger partial charge in [-0.3, -0.25) is 0 Å². The number of nitrogens with two attached hydrogens (primary N) is 1. The third kappa shape index (κ3) is 3.05. The molecule has 100 valence electrons. The summed E-state index contributed by atoms with van der Waals surface area (Å²) in [6, 6.07) is 5.23. The molecule has 7 heteroatoms. The molecule has 0 aliphatic rings. The van der Waals surface area contributed by atoms with E-state index in [1.54, 1.807) is 31.5 Å². The number of hydrogen-bond donors (Lipinski definition) is 1. The molecule has 0 amide bonds. The smallest absolute Gasteiger partial charge is 0.325 e. The van der Waals surface area contributed by atoms with Gasteiger partial charge in [0.15, 0.2) is 0 Å². The Morgan fingerprint density at radius 3 is 2.63 bits per heavy atom. The largest absolute Gasteiger partial charge is 0.495 e. The molecule has 0 aliphatic heterocycles. The molecule has 2 N–H and O–H groups in total. The fourth-order valence-corrected chi connectivity index (χ4v) is 1.76. The molecule has 0 saturated carbocycles. The van der Waals surface area contributed by atoms with Crippen molar-refractivity contribution in [3.8, 4) is 23.4 Å². The molecule has 0 saturated heterocycles. The van der Waals surface area contributed by atoms with Crippen molar-refractivity contribution in [2.24, 2.45) is 0 Å². The van der Waals surface area contributed by atoms with Gasteiger partial charge in [-0.1, -0.05) is 0 Å². The summed E-state index contributed by atoms with van der Waals surface area (Å²) in [5.74, 6) is 1.50. The van der Waals surface area contributed by atoms with E-state index in [-0.39, 0.29) is 6.01 Å². The monoisotopic (exact) mass is 325 g/mol. The lowest BCUT2D eigenvalue weighted by atomic mass is 10.3. The fraction of sp³-hybridized carbons (Fsp3) is 0.167. The van der Waals surface area contributed by atoms with Gasteiger partial charge in [-0.05, 0) is 28.1 Å². The highest BCUT2D eigenvalue weighted by molar-refractivity contribution is 9.10. The Hall–Kier alpha value is -2.02. The molecule has 0 unspecified atom stereocenters. The van der Waals surface area contributed by atoms with Gasteiger partial charge in [0.25, 0.3) is 0 Å². The topological polar surface area (TPSA) is 79.5 Å². The minimum Gasteiger partial charge on any atom is -0.495 e. The van der Waals surface area contributed by atoms with Gasteiger partial charge in [0.05, 0.1) is 30.6 Å². The van der Waals surface area contributed by atoms with Crippen LogP contribution in [0.3, 0.4) is 0 Å². The van der Waals surface area contributed by atoms with Crippen molar-refractivity contribution in [3.05, 3.63) is 28.9 Å². The summed E-state index contributed by atoms with van der Waals surface area (Å²) >= 11 is 3.26. The Morgan fingerprint density at radius 1 is 1.21 bits per heavy atom. The van der Waals surface area contributed by atoms with E-state index in [1.165, 1.54) is 7.11 Å². The van der Waals surface area contributed by atoms with Crippen molar-refractivity contribution < 1.29 is 14.2 Å². The van der Waals surface area contributed by atoms with Gasteiger partial charge in [-0.25, -0.2) is 4.98 Å². The quantitative estimate of drug-likeness (QED) is 0.870. The Balaban J connectivity index is 2.23. The highest BCUT2D eigenvalue weighted by Crippen LogP contribution is 2.29. The van der Waals surface area contributed by atoms with E-state index in [2.05, 4.69) is 25.9 Å². The first-order valence-corrected chi connectivity index (χ1v) is 6.11. The minimum atomic E-state index is 0.171. The molecule has 1 aromatic carbocycles. The Morgan fingerprint density at radius 2 is 2.00 bits per heavy atom. The molecule has 2 rings (SSSR count). The van der Waals surface area contributed by atoms with Gasteiger partial charge in [-0.2, -0.15) is 4.98 Å². The summed E-state index contributed by atoms with van der Waals surface area (Å²) in [5, 5.41) is 0. The summed E-state index contributed by atoms with van der Waals surface area (Å²) in [4.78, 5) is 8.11. The molecule has 0 spiro atoms. The number of hydrogen-bond acceptors (Lipinski definition) is 6. The number of benzene rings is 1. The number of nitrogens with zero attached hydrogens (tertiary/aromatic N) is 2. The van der Waals surface area contributed by atoms with Gasteiger partial charge in [-0.15, -0.1) is 0 Å². The van der Waals surface area contributed by atoms with E-state index in [9.17, 15) is 0 Å². The number of anilines is 1. The SMILES string of the molecule is COc1ccc(Oc2ncc(Br)c(OC)n2)cc1N. The molecule has 6 nitrogen and oxygen atoms in total. The van der Waals surface area contributed by atoms with E-state index in [1.807, 2.05) is 0 Å². The van der Waals surface area contributed by atoms with E-state index >= 15 is 0 Å². The molecule has 1 heterocycles. The van der Waals surface area contributed by atoms with Crippen molar-refractivity contribution in [2.45, 2.75) is 0 Å². The molecule has 1 aromatic heterocycles. The molecular weight excluding hydrogens is 314 g/mol. The first-order valence-electron chi connectivity index (χ1n) is 5.32. The van der Waals surface area contributed by atoms with E-state index < -0.39 is 0 Å². The molecule has 0 bridgehead atoms. The number of nitrogen functional groups attached to an aromatic ring is 1. The van der Waals surface area contributed by atoms with Crippen molar-refractivity contribution in [1.29, 1.82) is 0 Å². The predicted octanol–water partition coefficient (Wildman–Crippen LogP) is 2.63. The number of rotatable bonds is 4. The molecule has 0 radical (unpaired) electrons. The van der Waals surface area contributed by atoms with Gasteiger partial charge in [0.2, 0.25) is 5.88 Å². The number of methoxy groups -OCH3 is 2. The van der Waals surface area contributed by atoms with Gasteiger partial charge in [0, 0.05) is 6.07 Å². The van der Waals surface area contributed by atoms with Crippen LogP contribution in [0.2, 0.25) is 0 Å². The second-order valence-electron chi connectivity index (χ2n) is 3.52. The van der Waals surface area contributed by atoms with Crippen LogP contribution < -0.4 is 19.9 Å². The van der Waals surface area contributed by atoms with Crippen LogP contribution >= 0.6 is 15.9 Å². The van der Waals surface area contributed by atoms with E-state index in [4.69, 9.17) is 19.9 Å². The maximum atomic E-state index is 5.79. The molecule has 0 fully saturated rings. The van der Waals surface area contributed by atoms with Crippen LogP contribution in [0.25, 0.3) is 0 Å². The molecule has 19 heavy (non-hydrogen) atoms. The molecule has 0 atom stereocenters. The van der Waals surface area contributed by atoms with E-state index in [0.29, 0.717) is 27.5 Å². The highest BCUT2D eigenvalue weighted by Gasteiger charge is 2.08. The predicted molar refractivity (Wildman–Crippen MR) is 73.8 cm³/mol. The summed E-state index contributed by atoms with van der Waals surface area (Å²) < 4.78 is 16.3. The van der Waals surface area contributed by atoms with Crippen molar-refractivity contribution in [1.82, 2.24) is 9.97 Å². The maximum absolute atomic E-state index is 5.79. The third-order valence-corrected chi connectivity index (χ3v) is 2.84. The van der Waals surface area contributed by atoms with Crippen LogP contribution in [0.1, 0.15) is 0 Å². The fourth-order valence-electron chi connectivity index (χ4n) is 1.41. The lowest BCUT2D eigenvalue weighted by Crippen LogP contribution is -1.97. The van der Waals surface area contributed by atoms with Crippen LogP contribution in [0.4, 0.5) is 5.69 Å². The van der Waals surface area contributed by atoms with Crippen molar-refractivity contribution in [3.63, 3.8) is 0 Å². The van der Waals surface area contributed by atoms with E-state index in [0.717, 1.165) is 0 Å². The van der Waals surface area contributed by atoms with Gasteiger partial charge in [0.1, 0.15) is 11.5 Å². The zero-order valence-electron chi connectivity index (χ0n) is 10.4. The minimum absolute atomic E-state index is 0.171. The normalized spacial score (nSPS) is 10.1. The Kier molecular flexibility index (Phi) is 4.06. The zero-order chi connectivity index (χ0) is 13.8. The second kappa shape index (κ2) is 5.75. The van der Waals surface area contributed by atoms with Crippen molar-refractivity contribution >= 4 is 21.6 Å². The average Bonchev–Trinajstić information content (AvgIpc) is 2.41. The average molecular weight is 326 g/mol. The van der Waals surface area contributed by atoms with Crippen LogP contribution in [0.5, 0.6) is 23.4 Å². The Bertz CT molecular complexity index is 592. The zero-order valence-corrected chi connectivity index (χ0v) is 12.0. The first-order chi connectivity index (χ1) is 9.13. The second-order valence-corrected chi connectivity index (χ2v) is 4.37. The summed E-state index contributed by atoms with van der Waals surface area (Å²) in [7, 11) is 3.07. The highest BCUT2D eigenvalue weighted by atomic mass is 79.9. The third-order valence-electron chi connectivity index (χ3n) is 2.29. The van der Waals surface area contributed by atoms with Crippen LogP contribution in [-0.4, -0.2) is 24.2 Å². The number of halogens is 1. The van der Waals surface area contributed by atoms with Crippen LogP contribution in [0.15, 0.2) is 28.9 Å². The van der Waals surface area contributed by atoms with Crippen LogP contribution in [-0.2, 0) is 0 Å². The van der Waals surface area contributed by atoms with Crippen LogP contribution in [0, 0.1) is 0 Å². The van der Waals surface area contributed by atoms with Crippen molar-refractivity contribution in [2.75, 3.05) is 20.0 Å². The molecular formula is C12H12BrN3O3. The summed E-state index contributed by atoms with van der Waals surface area (Å²) in [6.07, 6.45) is 1.55. The summed E-state index contributed by atoms with van der Waals surface area (Å²) in [6.45, 7) is 0. The lowest BCUT2D eigenvalue weighted by molar-refractivity contribution is 0.373. The number of aromatic nitrogens is 2. The lowest BCUT2D eigenvalue weighted by Gasteiger charge is -2.08. The Labute approximate surface area is 118 Å².